The molecule has 1 aliphatic rings. The Morgan fingerprint density at radius 2 is 1.14 bits per heavy atom. The number of nitrogens with zero attached hydrogens (tertiary/aromatic N) is 1. The summed E-state index contributed by atoms with van der Waals surface area (Å²) in [5.41, 5.74) is 2.09. The fourth-order valence-electron chi connectivity index (χ4n) is 2.93. The Labute approximate surface area is 124 Å². The number of hydrogen-bond donors (Lipinski definition) is 0. The lowest BCUT2D eigenvalue weighted by molar-refractivity contribution is 0.208. The van der Waals surface area contributed by atoms with E-state index in [4.69, 9.17) is 0 Å². The molecule has 1 fully saturated rings. The van der Waals surface area contributed by atoms with E-state index >= 15 is 0 Å². The minimum Gasteiger partial charge on any atom is -0.292 e. The third kappa shape index (κ3) is 3.30. The van der Waals surface area contributed by atoms with E-state index in [1.54, 1.807) is 0 Å². The molecule has 0 spiro atoms. The van der Waals surface area contributed by atoms with Crippen molar-refractivity contribution in [3.05, 3.63) is 77.7 Å². The van der Waals surface area contributed by atoms with Crippen LogP contribution in [0.4, 0.5) is 8.78 Å². The molecule has 0 aromatic heterocycles. The van der Waals surface area contributed by atoms with Crippen LogP contribution in [0.25, 0.3) is 0 Å². The van der Waals surface area contributed by atoms with Crippen LogP contribution in [0.15, 0.2) is 48.5 Å². The van der Waals surface area contributed by atoms with Gasteiger partial charge in [-0.2, -0.15) is 0 Å². The van der Waals surface area contributed by atoms with Gasteiger partial charge in [0, 0.05) is 0 Å². The van der Waals surface area contributed by atoms with Crippen LogP contribution >= 0.6 is 0 Å². The van der Waals surface area contributed by atoms with Gasteiger partial charge in [-0.25, -0.2) is 8.78 Å². The van der Waals surface area contributed by atoms with Crippen molar-refractivity contribution in [3.63, 3.8) is 0 Å². The van der Waals surface area contributed by atoms with Gasteiger partial charge in [0.05, 0.1) is 6.04 Å². The Morgan fingerprint density at radius 1 is 0.714 bits per heavy atom. The van der Waals surface area contributed by atoms with Crippen LogP contribution in [0, 0.1) is 18.1 Å². The summed E-state index contributed by atoms with van der Waals surface area (Å²) in [6, 6.07) is 13.3. The average molecular weight is 286 g/mol. The topological polar surface area (TPSA) is 3.24 Å². The van der Waals surface area contributed by atoms with Crippen molar-refractivity contribution in [3.8, 4) is 0 Å². The van der Waals surface area contributed by atoms with Crippen LogP contribution in [0.5, 0.6) is 0 Å². The molecule has 0 bridgehead atoms. The van der Waals surface area contributed by atoms with Crippen LogP contribution in [0.2, 0.25) is 0 Å². The molecular formula is C18H18F2N. The van der Waals surface area contributed by atoms with Crippen molar-refractivity contribution >= 4 is 0 Å². The summed E-state index contributed by atoms with van der Waals surface area (Å²) in [6.07, 6.45) is 4.40. The maximum absolute atomic E-state index is 13.2. The van der Waals surface area contributed by atoms with Gasteiger partial charge in [-0.15, -0.1) is 0 Å². The Bertz CT molecular complexity index is 526. The molecule has 2 aromatic rings. The standard InChI is InChI=1S/C18H18F2N/c19-16-8-4-14(5-9-16)18(21-12-2-1-3-13-21)15-6-10-17(20)11-7-15/h1,4-11,18H,2-3,12-13H2. The molecular weight excluding hydrogens is 268 g/mol. The highest BCUT2D eigenvalue weighted by molar-refractivity contribution is 5.32. The molecule has 109 valence electrons. The maximum atomic E-state index is 13.2. The minimum atomic E-state index is -0.233. The zero-order chi connectivity index (χ0) is 14.7. The smallest absolute Gasteiger partial charge is 0.123 e. The lowest BCUT2D eigenvalue weighted by Gasteiger charge is -2.35. The second-order valence-electron chi connectivity index (χ2n) is 5.41. The SMILES string of the molecule is Fc1ccc(C(c2ccc(F)cc2)N2CC[CH]CC2)cc1. The van der Waals surface area contributed by atoms with Crippen LogP contribution in [-0.2, 0) is 0 Å². The summed E-state index contributed by atoms with van der Waals surface area (Å²) in [5, 5.41) is 0. The van der Waals surface area contributed by atoms with Crippen molar-refractivity contribution in [1.82, 2.24) is 4.90 Å². The zero-order valence-corrected chi connectivity index (χ0v) is 11.8. The molecule has 0 amide bonds. The van der Waals surface area contributed by atoms with Gasteiger partial charge in [0.2, 0.25) is 0 Å². The second-order valence-corrected chi connectivity index (χ2v) is 5.41. The van der Waals surface area contributed by atoms with Gasteiger partial charge in [-0.1, -0.05) is 24.3 Å². The first-order chi connectivity index (χ1) is 10.2. The van der Waals surface area contributed by atoms with Crippen molar-refractivity contribution in [2.24, 2.45) is 0 Å². The van der Waals surface area contributed by atoms with E-state index in [0.29, 0.717) is 0 Å². The normalized spacial score (nSPS) is 16.3. The molecule has 3 heteroatoms. The summed E-state index contributed by atoms with van der Waals surface area (Å²) in [4.78, 5) is 2.38. The molecule has 2 aromatic carbocycles. The van der Waals surface area contributed by atoms with Gasteiger partial charge >= 0.3 is 0 Å². The molecule has 1 saturated heterocycles. The molecule has 0 unspecified atom stereocenters. The van der Waals surface area contributed by atoms with Gasteiger partial charge in [-0.3, -0.25) is 4.90 Å². The van der Waals surface area contributed by atoms with Crippen LogP contribution < -0.4 is 0 Å². The van der Waals surface area contributed by atoms with Crippen molar-refractivity contribution in [2.45, 2.75) is 18.9 Å². The first-order valence-corrected chi connectivity index (χ1v) is 7.31. The van der Waals surface area contributed by atoms with Gasteiger partial charge in [0.25, 0.3) is 0 Å². The van der Waals surface area contributed by atoms with E-state index in [9.17, 15) is 8.78 Å². The fourth-order valence-corrected chi connectivity index (χ4v) is 2.93. The molecule has 0 saturated carbocycles. The number of piperidine rings is 1. The van der Waals surface area contributed by atoms with Crippen molar-refractivity contribution < 1.29 is 8.78 Å². The van der Waals surface area contributed by atoms with Crippen molar-refractivity contribution in [2.75, 3.05) is 13.1 Å². The highest BCUT2D eigenvalue weighted by atomic mass is 19.1. The summed E-state index contributed by atoms with van der Waals surface area (Å²) in [5.74, 6) is -0.466. The summed E-state index contributed by atoms with van der Waals surface area (Å²) in [6.45, 7) is 1.94. The number of hydrogen-bond acceptors (Lipinski definition) is 1. The van der Waals surface area contributed by atoms with E-state index in [1.165, 1.54) is 24.3 Å². The first kappa shape index (κ1) is 14.2. The fraction of sp³-hybridized carbons (Fsp3) is 0.278. The predicted octanol–water partition coefficient (Wildman–Crippen LogP) is 4.35. The average Bonchev–Trinajstić information content (AvgIpc) is 2.52. The summed E-state index contributed by atoms with van der Waals surface area (Å²) >= 11 is 0. The van der Waals surface area contributed by atoms with Gasteiger partial charge in [-0.05, 0) is 67.7 Å². The predicted molar refractivity (Wildman–Crippen MR) is 79.8 cm³/mol. The van der Waals surface area contributed by atoms with E-state index in [2.05, 4.69) is 11.3 Å². The molecule has 1 nitrogen and oxygen atoms in total. The van der Waals surface area contributed by atoms with Crippen molar-refractivity contribution in [1.29, 1.82) is 0 Å². The molecule has 3 rings (SSSR count). The number of benzene rings is 2. The Hall–Kier alpha value is -1.74. The Balaban J connectivity index is 1.97. The third-order valence-corrected chi connectivity index (χ3v) is 3.98. The number of likely N-dealkylation sites (tertiary alicyclic amines) is 1. The molecule has 1 radical (unpaired) electrons. The Kier molecular flexibility index (Phi) is 4.30. The zero-order valence-electron chi connectivity index (χ0n) is 11.8. The van der Waals surface area contributed by atoms with E-state index in [0.717, 1.165) is 37.1 Å². The third-order valence-electron chi connectivity index (χ3n) is 3.98. The molecule has 1 heterocycles. The first-order valence-electron chi connectivity index (χ1n) is 7.31. The molecule has 0 atom stereocenters. The van der Waals surface area contributed by atoms with Gasteiger partial charge < -0.3 is 0 Å². The maximum Gasteiger partial charge on any atom is 0.123 e. The van der Waals surface area contributed by atoms with E-state index in [-0.39, 0.29) is 17.7 Å². The summed E-state index contributed by atoms with van der Waals surface area (Å²) < 4.78 is 26.4. The lowest BCUT2D eigenvalue weighted by atomic mass is 9.95. The quantitative estimate of drug-likeness (QED) is 0.810. The van der Waals surface area contributed by atoms with E-state index < -0.39 is 0 Å². The number of halogens is 2. The van der Waals surface area contributed by atoms with Gasteiger partial charge in [0.15, 0.2) is 0 Å². The molecule has 0 aliphatic carbocycles. The molecule has 21 heavy (non-hydrogen) atoms. The van der Waals surface area contributed by atoms with Crippen LogP contribution in [0.3, 0.4) is 0 Å². The lowest BCUT2D eigenvalue weighted by Crippen LogP contribution is -2.34. The number of rotatable bonds is 3. The largest absolute Gasteiger partial charge is 0.292 e. The van der Waals surface area contributed by atoms with Gasteiger partial charge in [0.1, 0.15) is 11.6 Å². The monoisotopic (exact) mass is 286 g/mol. The second kappa shape index (κ2) is 6.35. The molecule has 1 aliphatic heterocycles. The highest BCUT2D eigenvalue weighted by Crippen LogP contribution is 2.31. The molecule has 0 N–H and O–H groups in total. The Morgan fingerprint density at radius 3 is 1.57 bits per heavy atom. The van der Waals surface area contributed by atoms with E-state index in [1.807, 2.05) is 24.3 Å². The highest BCUT2D eigenvalue weighted by Gasteiger charge is 2.24. The summed E-state index contributed by atoms with van der Waals surface area (Å²) in [7, 11) is 0. The minimum absolute atomic E-state index is 0.0555. The van der Waals surface area contributed by atoms with Crippen LogP contribution in [0.1, 0.15) is 30.0 Å². The van der Waals surface area contributed by atoms with Crippen LogP contribution in [-0.4, -0.2) is 18.0 Å².